The van der Waals surface area contributed by atoms with Crippen LogP contribution in [0.2, 0.25) is 0 Å². The number of ether oxygens (including phenoxy) is 1. The Bertz CT molecular complexity index is 305. The molecule has 0 fully saturated rings. The maximum atomic E-state index is 5.43. The minimum absolute atomic E-state index is 0.599. The minimum atomic E-state index is 0.599. The molecular weight excluding hydrogens is 210 g/mol. The molecule has 0 spiro atoms. The molecule has 96 valence electrons. The average Bonchev–Trinajstić information content (AvgIpc) is 2.32. The van der Waals surface area contributed by atoms with Crippen LogP contribution in [0.15, 0.2) is 24.3 Å². The molecule has 1 aromatic rings. The molecule has 0 aromatic heterocycles. The average molecular weight is 235 g/mol. The first-order valence-electron chi connectivity index (χ1n) is 6.56. The quantitative estimate of drug-likeness (QED) is 0.783. The molecule has 0 saturated carbocycles. The third-order valence-corrected chi connectivity index (χ3v) is 3.15. The molecule has 0 saturated heterocycles. The van der Waals surface area contributed by atoms with E-state index in [0.717, 1.165) is 18.8 Å². The van der Waals surface area contributed by atoms with Crippen LogP contribution in [0.25, 0.3) is 0 Å². The Balaban J connectivity index is 2.46. The van der Waals surface area contributed by atoms with Crippen LogP contribution in [-0.4, -0.2) is 19.7 Å². The van der Waals surface area contributed by atoms with Crippen LogP contribution >= 0.6 is 0 Å². The lowest BCUT2D eigenvalue weighted by Crippen LogP contribution is -2.30. The molecule has 1 atom stereocenters. The summed E-state index contributed by atoms with van der Waals surface area (Å²) in [5.41, 5.74) is 1.38. The van der Waals surface area contributed by atoms with Gasteiger partial charge in [-0.15, -0.1) is 0 Å². The second-order valence-corrected chi connectivity index (χ2v) is 4.75. The summed E-state index contributed by atoms with van der Waals surface area (Å²) in [6, 6.07) is 9.04. The van der Waals surface area contributed by atoms with Gasteiger partial charge >= 0.3 is 0 Å². The van der Waals surface area contributed by atoms with Crippen molar-refractivity contribution in [3.8, 4) is 5.75 Å². The third-order valence-electron chi connectivity index (χ3n) is 3.15. The molecule has 0 aliphatic heterocycles. The van der Waals surface area contributed by atoms with Gasteiger partial charge < -0.3 is 10.1 Å². The van der Waals surface area contributed by atoms with Crippen LogP contribution < -0.4 is 10.1 Å². The van der Waals surface area contributed by atoms with E-state index in [1.54, 1.807) is 0 Å². The molecule has 2 nitrogen and oxygen atoms in total. The number of hydrogen-bond acceptors (Lipinski definition) is 2. The van der Waals surface area contributed by atoms with E-state index < -0.39 is 0 Å². The molecule has 1 rings (SSSR count). The Morgan fingerprint density at radius 3 is 2.29 bits per heavy atom. The molecule has 1 unspecified atom stereocenters. The van der Waals surface area contributed by atoms with Crippen molar-refractivity contribution >= 4 is 0 Å². The van der Waals surface area contributed by atoms with E-state index in [-0.39, 0.29) is 0 Å². The van der Waals surface area contributed by atoms with E-state index >= 15 is 0 Å². The predicted molar refractivity (Wildman–Crippen MR) is 73.6 cm³/mol. The summed E-state index contributed by atoms with van der Waals surface area (Å²) in [5, 5.41) is 3.38. The lowest BCUT2D eigenvalue weighted by molar-refractivity contribution is 0.340. The van der Waals surface area contributed by atoms with Crippen LogP contribution in [-0.2, 0) is 6.42 Å². The van der Waals surface area contributed by atoms with Gasteiger partial charge in [-0.05, 0) is 50.4 Å². The van der Waals surface area contributed by atoms with Gasteiger partial charge in [0.05, 0.1) is 6.61 Å². The zero-order valence-electron chi connectivity index (χ0n) is 11.5. The highest BCUT2D eigenvalue weighted by Crippen LogP contribution is 2.15. The van der Waals surface area contributed by atoms with Gasteiger partial charge in [-0.25, -0.2) is 0 Å². The van der Waals surface area contributed by atoms with Crippen molar-refractivity contribution in [2.24, 2.45) is 5.92 Å². The topological polar surface area (TPSA) is 21.3 Å². The lowest BCUT2D eigenvalue weighted by atomic mass is 9.97. The van der Waals surface area contributed by atoms with E-state index in [1.165, 1.54) is 12.0 Å². The summed E-state index contributed by atoms with van der Waals surface area (Å²) in [7, 11) is 2.04. The van der Waals surface area contributed by atoms with Crippen molar-refractivity contribution in [1.29, 1.82) is 0 Å². The fraction of sp³-hybridized carbons (Fsp3) is 0.600. The first-order chi connectivity index (χ1) is 8.17. The van der Waals surface area contributed by atoms with Crippen molar-refractivity contribution in [1.82, 2.24) is 5.32 Å². The molecule has 0 bridgehead atoms. The van der Waals surface area contributed by atoms with E-state index in [9.17, 15) is 0 Å². The van der Waals surface area contributed by atoms with Crippen LogP contribution in [0.3, 0.4) is 0 Å². The van der Waals surface area contributed by atoms with Crippen molar-refractivity contribution in [3.05, 3.63) is 29.8 Å². The SMILES string of the molecule is CCOc1ccc(CCC(NC)C(C)C)cc1. The Morgan fingerprint density at radius 1 is 1.18 bits per heavy atom. The lowest BCUT2D eigenvalue weighted by Gasteiger charge is -2.20. The number of aryl methyl sites for hydroxylation is 1. The fourth-order valence-corrected chi connectivity index (χ4v) is 2.05. The Hall–Kier alpha value is -1.02. The molecule has 1 aromatic carbocycles. The standard InChI is InChI=1S/C15H25NO/c1-5-17-14-9-6-13(7-10-14)8-11-15(16-4)12(2)3/h6-7,9-10,12,15-16H,5,8,11H2,1-4H3. The largest absolute Gasteiger partial charge is 0.494 e. The summed E-state index contributed by atoms with van der Waals surface area (Å²) < 4.78 is 5.43. The molecule has 1 N–H and O–H groups in total. The van der Waals surface area contributed by atoms with Gasteiger partial charge in [0.2, 0.25) is 0 Å². The highest BCUT2D eigenvalue weighted by molar-refractivity contribution is 5.27. The second-order valence-electron chi connectivity index (χ2n) is 4.75. The van der Waals surface area contributed by atoms with E-state index in [0.29, 0.717) is 12.0 Å². The highest BCUT2D eigenvalue weighted by Gasteiger charge is 2.10. The summed E-state index contributed by atoms with van der Waals surface area (Å²) >= 11 is 0. The van der Waals surface area contributed by atoms with Crippen molar-refractivity contribution in [2.75, 3.05) is 13.7 Å². The number of rotatable bonds is 7. The molecule has 2 heteroatoms. The highest BCUT2D eigenvalue weighted by atomic mass is 16.5. The minimum Gasteiger partial charge on any atom is -0.494 e. The van der Waals surface area contributed by atoms with Gasteiger partial charge in [-0.2, -0.15) is 0 Å². The molecule has 0 radical (unpaired) electrons. The third kappa shape index (κ3) is 4.78. The zero-order chi connectivity index (χ0) is 12.7. The second kappa shape index (κ2) is 7.33. The van der Waals surface area contributed by atoms with Gasteiger partial charge in [0.1, 0.15) is 5.75 Å². The van der Waals surface area contributed by atoms with Gasteiger partial charge in [0.25, 0.3) is 0 Å². The fourth-order valence-electron chi connectivity index (χ4n) is 2.05. The predicted octanol–water partition coefficient (Wildman–Crippen LogP) is 3.26. The number of benzene rings is 1. The van der Waals surface area contributed by atoms with Gasteiger partial charge in [0.15, 0.2) is 0 Å². The summed E-state index contributed by atoms with van der Waals surface area (Å²) in [6.45, 7) is 7.27. The normalized spacial score (nSPS) is 12.8. The molecular formula is C15H25NO. The molecule has 0 heterocycles. The van der Waals surface area contributed by atoms with Crippen molar-refractivity contribution in [2.45, 2.75) is 39.7 Å². The zero-order valence-corrected chi connectivity index (χ0v) is 11.5. The van der Waals surface area contributed by atoms with E-state index in [1.807, 2.05) is 14.0 Å². The number of hydrogen-bond donors (Lipinski definition) is 1. The van der Waals surface area contributed by atoms with E-state index in [4.69, 9.17) is 4.74 Å². The van der Waals surface area contributed by atoms with Crippen molar-refractivity contribution in [3.63, 3.8) is 0 Å². The summed E-state index contributed by atoms with van der Waals surface area (Å²) in [5.74, 6) is 1.65. The molecule has 17 heavy (non-hydrogen) atoms. The molecule has 0 aliphatic carbocycles. The molecule has 0 aliphatic rings. The smallest absolute Gasteiger partial charge is 0.119 e. The van der Waals surface area contributed by atoms with Crippen LogP contribution in [0, 0.1) is 5.92 Å². The Kier molecular flexibility index (Phi) is 6.06. The Labute approximate surface area is 105 Å². The molecule has 0 amide bonds. The first-order valence-corrected chi connectivity index (χ1v) is 6.56. The maximum Gasteiger partial charge on any atom is 0.119 e. The number of nitrogens with one attached hydrogen (secondary N) is 1. The monoisotopic (exact) mass is 235 g/mol. The van der Waals surface area contributed by atoms with Crippen LogP contribution in [0.5, 0.6) is 5.75 Å². The summed E-state index contributed by atoms with van der Waals surface area (Å²) in [4.78, 5) is 0. The van der Waals surface area contributed by atoms with Crippen molar-refractivity contribution < 1.29 is 4.74 Å². The van der Waals surface area contributed by atoms with Crippen LogP contribution in [0.1, 0.15) is 32.8 Å². The van der Waals surface area contributed by atoms with Gasteiger partial charge in [0, 0.05) is 6.04 Å². The maximum absolute atomic E-state index is 5.43. The Morgan fingerprint density at radius 2 is 1.82 bits per heavy atom. The van der Waals surface area contributed by atoms with Crippen LogP contribution in [0.4, 0.5) is 0 Å². The van der Waals surface area contributed by atoms with Gasteiger partial charge in [-0.3, -0.25) is 0 Å². The summed E-state index contributed by atoms with van der Waals surface area (Å²) in [6.07, 6.45) is 2.30. The van der Waals surface area contributed by atoms with Gasteiger partial charge in [-0.1, -0.05) is 26.0 Å². The van der Waals surface area contributed by atoms with E-state index in [2.05, 4.69) is 43.4 Å². The first kappa shape index (κ1) is 14.0.